The minimum absolute atomic E-state index is 0.189. The number of nitrogens with zero attached hydrogens (tertiary/aromatic N) is 4. The molecule has 3 aromatic rings. The Morgan fingerprint density at radius 1 is 1.43 bits per heavy atom. The van der Waals surface area contributed by atoms with Gasteiger partial charge in [0.15, 0.2) is 0 Å². The van der Waals surface area contributed by atoms with Gasteiger partial charge in [0.05, 0.1) is 28.4 Å². The predicted octanol–water partition coefficient (Wildman–Crippen LogP) is 2.55. The van der Waals surface area contributed by atoms with E-state index in [1.807, 2.05) is 37.7 Å². The van der Waals surface area contributed by atoms with Gasteiger partial charge in [-0.2, -0.15) is 5.10 Å². The molecule has 0 unspecified atom stereocenters. The van der Waals surface area contributed by atoms with Crippen LogP contribution in [0.25, 0.3) is 11.1 Å². The maximum absolute atomic E-state index is 12.7. The van der Waals surface area contributed by atoms with Gasteiger partial charge < -0.3 is 9.84 Å². The molecule has 1 atom stereocenters. The highest BCUT2D eigenvalue weighted by atomic mass is 16.5. The second-order valence-electron chi connectivity index (χ2n) is 5.55. The second kappa shape index (κ2) is 5.83. The molecule has 23 heavy (non-hydrogen) atoms. The first-order valence-corrected chi connectivity index (χ1v) is 7.57. The third-order valence-corrected chi connectivity index (χ3v) is 3.77. The fourth-order valence-corrected chi connectivity index (χ4v) is 2.53. The Labute approximate surface area is 133 Å². The van der Waals surface area contributed by atoms with Crippen LogP contribution in [0.1, 0.15) is 47.3 Å². The lowest BCUT2D eigenvalue weighted by Gasteiger charge is -2.12. The van der Waals surface area contributed by atoms with Gasteiger partial charge in [0.2, 0.25) is 0 Å². The molecule has 0 bridgehead atoms. The lowest BCUT2D eigenvalue weighted by Crippen LogP contribution is -2.27. The van der Waals surface area contributed by atoms with Gasteiger partial charge in [-0.05, 0) is 39.8 Å². The highest BCUT2D eigenvalue weighted by molar-refractivity contribution is 6.06. The Morgan fingerprint density at radius 2 is 2.22 bits per heavy atom. The number of hydrogen-bond donors (Lipinski definition) is 1. The summed E-state index contributed by atoms with van der Waals surface area (Å²) in [6.07, 6.45) is 1.90. The first-order valence-electron chi connectivity index (χ1n) is 7.57. The van der Waals surface area contributed by atoms with E-state index in [4.69, 9.17) is 4.52 Å². The molecule has 0 aliphatic rings. The first-order chi connectivity index (χ1) is 11.0. The molecule has 7 nitrogen and oxygen atoms in total. The number of fused-ring (bicyclic) bond motifs is 1. The molecule has 0 saturated heterocycles. The van der Waals surface area contributed by atoms with E-state index in [0.29, 0.717) is 28.1 Å². The van der Waals surface area contributed by atoms with E-state index in [2.05, 4.69) is 20.6 Å². The molecule has 120 valence electrons. The van der Waals surface area contributed by atoms with Crippen LogP contribution in [0, 0.1) is 13.8 Å². The normalized spacial score (nSPS) is 12.5. The minimum Gasteiger partial charge on any atom is -0.344 e. The number of carbonyl (C=O) groups excluding carboxylic acids is 1. The molecule has 0 radical (unpaired) electrons. The average molecular weight is 313 g/mol. The maximum Gasteiger partial charge on any atom is 0.258 e. The highest BCUT2D eigenvalue weighted by Crippen LogP contribution is 2.22. The van der Waals surface area contributed by atoms with E-state index in [1.54, 1.807) is 13.0 Å². The molecular weight excluding hydrogens is 294 g/mol. The molecule has 1 N–H and O–H groups in total. The molecule has 0 aliphatic carbocycles. The summed E-state index contributed by atoms with van der Waals surface area (Å²) in [7, 11) is 0. The zero-order chi connectivity index (χ0) is 16.6. The summed E-state index contributed by atoms with van der Waals surface area (Å²) >= 11 is 0. The van der Waals surface area contributed by atoms with E-state index in [-0.39, 0.29) is 11.9 Å². The van der Waals surface area contributed by atoms with Crippen LogP contribution in [0.4, 0.5) is 0 Å². The van der Waals surface area contributed by atoms with Crippen molar-refractivity contribution in [3.8, 4) is 0 Å². The molecule has 0 spiro atoms. The number of aromatic nitrogens is 4. The Hall–Kier alpha value is -2.70. The SMILES string of the molecule is CCn1ccc([C@@H](C)NC(=O)c2cc(C)nc3onc(C)c23)n1. The zero-order valence-electron chi connectivity index (χ0n) is 13.6. The van der Waals surface area contributed by atoms with E-state index in [9.17, 15) is 4.79 Å². The third-order valence-electron chi connectivity index (χ3n) is 3.77. The summed E-state index contributed by atoms with van der Waals surface area (Å²) < 4.78 is 7.00. The Balaban J connectivity index is 1.90. The molecule has 1 amide bonds. The van der Waals surface area contributed by atoms with Crippen molar-refractivity contribution in [2.24, 2.45) is 0 Å². The van der Waals surface area contributed by atoms with Crippen LogP contribution in [0.15, 0.2) is 22.9 Å². The summed E-state index contributed by atoms with van der Waals surface area (Å²) in [6, 6.07) is 3.46. The summed E-state index contributed by atoms with van der Waals surface area (Å²) in [6.45, 7) is 8.34. The monoisotopic (exact) mass is 313 g/mol. The van der Waals surface area contributed by atoms with Crippen LogP contribution in [0.3, 0.4) is 0 Å². The number of amides is 1. The van der Waals surface area contributed by atoms with Crippen molar-refractivity contribution >= 4 is 17.0 Å². The molecule has 3 aromatic heterocycles. The Bertz CT molecular complexity index is 865. The van der Waals surface area contributed by atoms with Crippen LogP contribution in [0.5, 0.6) is 0 Å². The van der Waals surface area contributed by atoms with Crippen molar-refractivity contribution in [2.45, 2.75) is 40.3 Å². The van der Waals surface area contributed by atoms with Gasteiger partial charge in [0.1, 0.15) is 0 Å². The van der Waals surface area contributed by atoms with E-state index in [0.717, 1.165) is 12.2 Å². The largest absolute Gasteiger partial charge is 0.344 e. The van der Waals surface area contributed by atoms with Crippen LogP contribution in [-0.4, -0.2) is 25.8 Å². The topological polar surface area (TPSA) is 85.8 Å². The quantitative estimate of drug-likeness (QED) is 0.800. The van der Waals surface area contributed by atoms with Crippen molar-refractivity contribution in [1.82, 2.24) is 25.2 Å². The van der Waals surface area contributed by atoms with Crippen LogP contribution in [-0.2, 0) is 6.54 Å². The van der Waals surface area contributed by atoms with Gasteiger partial charge in [-0.15, -0.1) is 0 Å². The molecule has 7 heteroatoms. The summed E-state index contributed by atoms with van der Waals surface area (Å²) in [5.74, 6) is -0.189. The third kappa shape index (κ3) is 2.81. The lowest BCUT2D eigenvalue weighted by molar-refractivity contribution is 0.0940. The van der Waals surface area contributed by atoms with E-state index < -0.39 is 0 Å². The van der Waals surface area contributed by atoms with E-state index >= 15 is 0 Å². The van der Waals surface area contributed by atoms with Crippen molar-refractivity contribution < 1.29 is 9.32 Å². The van der Waals surface area contributed by atoms with Crippen LogP contribution < -0.4 is 5.32 Å². The summed E-state index contributed by atoms with van der Waals surface area (Å²) in [4.78, 5) is 16.9. The lowest BCUT2D eigenvalue weighted by atomic mass is 10.1. The predicted molar refractivity (Wildman–Crippen MR) is 85.1 cm³/mol. The Morgan fingerprint density at radius 3 is 2.91 bits per heavy atom. The van der Waals surface area contributed by atoms with Crippen LogP contribution in [0.2, 0.25) is 0 Å². The van der Waals surface area contributed by atoms with Crippen LogP contribution >= 0.6 is 0 Å². The maximum atomic E-state index is 12.7. The standard InChI is InChI=1S/C16H19N5O2/c1-5-21-7-6-13(19-21)10(3)18-15(22)12-8-9(2)17-16-14(12)11(4)20-23-16/h6-8,10H,5H2,1-4H3,(H,18,22)/t10-/m1/s1. The van der Waals surface area contributed by atoms with Gasteiger partial charge in [0.25, 0.3) is 11.6 Å². The van der Waals surface area contributed by atoms with Crippen molar-refractivity contribution in [3.05, 3.63) is 41.0 Å². The minimum atomic E-state index is -0.195. The smallest absolute Gasteiger partial charge is 0.258 e. The number of aryl methyl sites for hydroxylation is 3. The fourth-order valence-electron chi connectivity index (χ4n) is 2.53. The molecular formula is C16H19N5O2. The molecule has 0 aromatic carbocycles. The fraction of sp³-hybridized carbons (Fsp3) is 0.375. The molecule has 3 rings (SSSR count). The number of pyridine rings is 1. The van der Waals surface area contributed by atoms with Gasteiger partial charge >= 0.3 is 0 Å². The molecule has 0 saturated carbocycles. The van der Waals surface area contributed by atoms with Crippen molar-refractivity contribution in [2.75, 3.05) is 0 Å². The molecule has 0 aliphatic heterocycles. The molecule has 3 heterocycles. The summed E-state index contributed by atoms with van der Waals surface area (Å²) in [5, 5.41) is 11.9. The first kappa shape index (κ1) is 15.2. The van der Waals surface area contributed by atoms with Gasteiger partial charge in [-0.3, -0.25) is 9.48 Å². The van der Waals surface area contributed by atoms with E-state index in [1.165, 1.54) is 0 Å². The Kier molecular flexibility index (Phi) is 3.85. The average Bonchev–Trinajstić information content (AvgIpc) is 3.13. The number of hydrogen-bond acceptors (Lipinski definition) is 5. The van der Waals surface area contributed by atoms with Gasteiger partial charge in [-0.1, -0.05) is 5.16 Å². The highest BCUT2D eigenvalue weighted by Gasteiger charge is 2.20. The van der Waals surface area contributed by atoms with Gasteiger partial charge in [-0.25, -0.2) is 4.98 Å². The number of carbonyl (C=O) groups is 1. The summed E-state index contributed by atoms with van der Waals surface area (Å²) in [5.41, 5.74) is 3.09. The van der Waals surface area contributed by atoms with Crippen molar-refractivity contribution in [1.29, 1.82) is 0 Å². The molecule has 0 fully saturated rings. The zero-order valence-corrected chi connectivity index (χ0v) is 13.6. The number of nitrogens with one attached hydrogen (secondary N) is 1. The van der Waals surface area contributed by atoms with Crippen molar-refractivity contribution in [3.63, 3.8) is 0 Å². The van der Waals surface area contributed by atoms with Gasteiger partial charge in [0, 0.05) is 18.4 Å². The second-order valence-corrected chi connectivity index (χ2v) is 5.55. The number of rotatable bonds is 4.